The molecule has 6 nitrogen and oxygen atoms in total. The number of benzene rings is 3. The Morgan fingerprint density at radius 1 is 1.00 bits per heavy atom. The van der Waals surface area contributed by atoms with Crippen molar-refractivity contribution in [2.45, 2.75) is 5.92 Å². The van der Waals surface area contributed by atoms with Crippen molar-refractivity contribution in [3.63, 3.8) is 0 Å². The molecule has 0 saturated carbocycles. The van der Waals surface area contributed by atoms with Crippen molar-refractivity contribution in [3.8, 4) is 16.9 Å². The Bertz CT molecular complexity index is 1140. The number of fused-ring (bicyclic) bond motifs is 3. The van der Waals surface area contributed by atoms with E-state index in [1.165, 1.54) is 12.1 Å². The van der Waals surface area contributed by atoms with Crippen molar-refractivity contribution < 1.29 is 28.6 Å². The van der Waals surface area contributed by atoms with Crippen molar-refractivity contribution >= 4 is 23.7 Å². The first kappa shape index (κ1) is 22.6. The van der Waals surface area contributed by atoms with Crippen LogP contribution in [0.15, 0.2) is 66.7 Å². The Morgan fingerprint density at radius 2 is 1.64 bits per heavy atom. The summed E-state index contributed by atoms with van der Waals surface area (Å²) >= 11 is 5.73. The van der Waals surface area contributed by atoms with E-state index in [1.807, 2.05) is 48.5 Å². The van der Waals surface area contributed by atoms with Crippen LogP contribution in [-0.4, -0.2) is 48.4 Å². The van der Waals surface area contributed by atoms with Gasteiger partial charge in [-0.3, -0.25) is 9.69 Å². The monoisotopic (exact) mass is 469 g/mol. The molecule has 0 unspecified atom stereocenters. The average molecular weight is 470 g/mol. The zero-order chi connectivity index (χ0) is 23.4. The second kappa shape index (κ2) is 9.92. The minimum absolute atomic E-state index is 0.0144. The number of halogens is 2. The zero-order valence-electron chi connectivity index (χ0n) is 17.5. The lowest BCUT2D eigenvalue weighted by atomic mass is 9.98. The van der Waals surface area contributed by atoms with Gasteiger partial charge < -0.3 is 14.6 Å². The third kappa shape index (κ3) is 5.09. The van der Waals surface area contributed by atoms with Crippen LogP contribution < -0.4 is 4.74 Å². The molecule has 0 heterocycles. The minimum atomic E-state index is -1.17. The Morgan fingerprint density at radius 3 is 2.24 bits per heavy atom. The van der Waals surface area contributed by atoms with Crippen LogP contribution in [0.1, 0.15) is 17.0 Å². The van der Waals surface area contributed by atoms with Crippen LogP contribution in [0, 0.1) is 5.82 Å². The van der Waals surface area contributed by atoms with Crippen LogP contribution in [0.3, 0.4) is 0 Å². The molecule has 33 heavy (non-hydrogen) atoms. The highest BCUT2D eigenvalue weighted by Crippen LogP contribution is 2.44. The second-order valence-corrected chi connectivity index (χ2v) is 7.95. The highest BCUT2D eigenvalue weighted by molar-refractivity contribution is 6.30. The van der Waals surface area contributed by atoms with E-state index < -0.39 is 24.4 Å². The van der Waals surface area contributed by atoms with Crippen LogP contribution in [0.4, 0.5) is 9.18 Å². The zero-order valence-corrected chi connectivity index (χ0v) is 18.3. The molecule has 170 valence electrons. The van der Waals surface area contributed by atoms with Gasteiger partial charge in [0.25, 0.3) is 0 Å². The quantitative estimate of drug-likeness (QED) is 0.491. The fourth-order valence-corrected chi connectivity index (χ4v) is 4.09. The molecule has 8 heteroatoms. The number of rotatable bonds is 8. The maximum Gasteiger partial charge on any atom is 0.410 e. The molecule has 3 aromatic carbocycles. The van der Waals surface area contributed by atoms with Gasteiger partial charge in [0.05, 0.1) is 11.6 Å². The highest BCUT2D eigenvalue weighted by Gasteiger charge is 2.30. The van der Waals surface area contributed by atoms with E-state index in [9.17, 15) is 19.1 Å². The SMILES string of the molecule is O=C(O)CN(CCOc1ccc(F)c(Cl)c1)C(=O)OCC1c2ccccc2-c2ccccc21. The van der Waals surface area contributed by atoms with Gasteiger partial charge in [0.1, 0.15) is 31.3 Å². The normalized spacial score (nSPS) is 12.1. The van der Waals surface area contributed by atoms with E-state index in [2.05, 4.69) is 0 Å². The van der Waals surface area contributed by atoms with Gasteiger partial charge >= 0.3 is 12.1 Å². The molecule has 4 rings (SSSR count). The van der Waals surface area contributed by atoms with Gasteiger partial charge in [-0.2, -0.15) is 0 Å². The van der Waals surface area contributed by atoms with E-state index >= 15 is 0 Å². The van der Waals surface area contributed by atoms with Crippen molar-refractivity contribution in [1.82, 2.24) is 4.90 Å². The molecular weight excluding hydrogens is 449 g/mol. The number of carboxylic acids is 1. The van der Waals surface area contributed by atoms with Gasteiger partial charge in [-0.05, 0) is 34.4 Å². The number of nitrogens with zero attached hydrogens (tertiary/aromatic N) is 1. The van der Waals surface area contributed by atoms with Crippen LogP contribution in [-0.2, 0) is 9.53 Å². The van der Waals surface area contributed by atoms with Crippen LogP contribution in [0.5, 0.6) is 5.75 Å². The molecule has 0 bridgehead atoms. The lowest BCUT2D eigenvalue weighted by Gasteiger charge is -2.22. The van der Waals surface area contributed by atoms with E-state index in [0.717, 1.165) is 33.2 Å². The van der Waals surface area contributed by atoms with Crippen LogP contribution in [0.2, 0.25) is 5.02 Å². The molecule has 0 aromatic heterocycles. The van der Waals surface area contributed by atoms with Gasteiger partial charge in [-0.15, -0.1) is 0 Å². The molecule has 0 saturated heterocycles. The Labute approximate surface area is 195 Å². The summed E-state index contributed by atoms with van der Waals surface area (Å²) in [6.07, 6.45) is -0.750. The number of carbonyl (C=O) groups excluding carboxylic acids is 1. The Kier molecular flexibility index (Phi) is 6.79. The second-order valence-electron chi connectivity index (χ2n) is 7.54. The first-order valence-corrected chi connectivity index (χ1v) is 10.7. The smallest absolute Gasteiger partial charge is 0.410 e. The summed E-state index contributed by atoms with van der Waals surface area (Å²) < 4.78 is 24.3. The first-order chi connectivity index (χ1) is 15.9. The summed E-state index contributed by atoms with van der Waals surface area (Å²) in [6, 6.07) is 19.8. The number of hydrogen-bond donors (Lipinski definition) is 1. The van der Waals surface area contributed by atoms with E-state index in [0.29, 0.717) is 5.75 Å². The largest absolute Gasteiger partial charge is 0.492 e. The fourth-order valence-electron chi connectivity index (χ4n) is 3.92. The number of hydrogen-bond acceptors (Lipinski definition) is 4. The summed E-state index contributed by atoms with van der Waals surface area (Å²) in [5, 5.41) is 9.12. The van der Waals surface area contributed by atoms with Gasteiger partial charge in [-0.25, -0.2) is 9.18 Å². The fraction of sp³-hybridized carbons (Fsp3) is 0.200. The lowest BCUT2D eigenvalue weighted by Crippen LogP contribution is -2.39. The van der Waals surface area contributed by atoms with E-state index in [1.54, 1.807) is 0 Å². The molecule has 1 amide bonds. The maximum absolute atomic E-state index is 13.3. The topological polar surface area (TPSA) is 76.1 Å². The van der Waals surface area contributed by atoms with Crippen molar-refractivity contribution in [1.29, 1.82) is 0 Å². The summed E-state index contributed by atoms with van der Waals surface area (Å²) in [4.78, 5) is 25.0. The third-order valence-electron chi connectivity index (χ3n) is 5.44. The molecule has 1 aliphatic rings. The number of carboxylic acid groups (broad SMARTS) is 1. The Balaban J connectivity index is 1.40. The number of aliphatic carboxylic acids is 1. The van der Waals surface area contributed by atoms with Gasteiger partial charge in [0.2, 0.25) is 0 Å². The van der Waals surface area contributed by atoms with Crippen molar-refractivity contribution in [2.24, 2.45) is 0 Å². The molecular formula is C25H21ClFNO5. The molecule has 0 aliphatic heterocycles. The van der Waals surface area contributed by atoms with E-state index in [-0.39, 0.29) is 30.7 Å². The van der Waals surface area contributed by atoms with Gasteiger partial charge in [-0.1, -0.05) is 60.1 Å². The summed E-state index contributed by atoms with van der Waals surface area (Å²) in [6.45, 7) is -0.501. The lowest BCUT2D eigenvalue weighted by molar-refractivity contribution is -0.138. The van der Waals surface area contributed by atoms with Gasteiger partial charge in [0, 0.05) is 12.0 Å². The number of ether oxygens (including phenoxy) is 2. The number of amides is 1. The average Bonchev–Trinajstić information content (AvgIpc) is 3.12. The summed E-state index contributed by atoms with van der Waals surface area (Å²) in [5.74, 6) is -1.57. The van der Waals surface area contributed by atoms with Crippen LogP contribution in [0.25, 0.3) is 11.1 Å². The molecule has 1 N–H and O–H groups in total. The van der Waals surface area contributed by atoms with E-state index in [4.69, 9.17) is 21.1 Å². The standard InChI is InChI=1S/C25H21ClFNO5/c26-22-13-16(9-10-23(22)27)32-12-11-28(14-24(29)30)25(31)33-15-21-19-7-3-1-5-17(19)18-6-2-4-8-20(18)21/h1-10,13,21H,11-12,14-15H2,(H,29,30). The number of carbonyl (C=O) groups is 2. The summed E-state index contributed by atoms with van der Waals surface area (Å²) in [7, 11) is 0. The molecule has 0 radical (unpaired) electrons. The van der Waals surface area contributed by atoms with Crippen molar-refractivity contribution in [2.75, 3.05) is 26.3 Å². The summed E-state index contributed by atoms with van der Waals surface area (Å²) in [5.41, 5.74) is 4.33. The molecule has 3 aromatic rings. The van der Waals surface area contributed by atoms with Crippen molar-refractivity contribution in [3.05, 3.63) is 88.7 Å². The van der Waals surface area contributed by atoms with Crippen LogP contribution >= 0.6 is 11.6 Å². The predicted octanol–water partition coefficient (Wildman–Crippen LogP) is 5.19. The Hall–Kier alpha value is -3.58. The molecule has 0 atom stereocenters. The minimum Gasteiger partial charge on any atom is -0.492 e. The third-order valence-corrected chi connectivity index (χ3v) is 5.73. The molecule has 0 spiro atoms. The van der Waals surface area contributed by atoms with Gasteiger partial charge in [0.15, 0.2) is 0 Å². The molecule has 1 aliphatic carbocycles. The predicted molar refractivity (Wildman–Crippen MR) is 121 cm³/mol. The first-order valence-electron chi connectivity index (χ1n) is 10.3. The maximum atomic E-state index is 13.3. The highest BCUT2D eigenvalue weighted by atomic mass is 35.5. The molecule has 0 fully saturated rings.